The molecule has 0 aromatic carbocycles. The Labute approximate surface area is 115 Å². The van der Waals surface area contributed by atoms with Crippen LogP contribution in [0.2, 0.25) is 0 Å². The summed E-state index contributed by atoms with van der Waals surface area (Å²) in [5.41, 5.74) is 6.92. The van der Waals surface area contributed by atoms with Gasteiger partial charge in [0.2, 0.25) is 5.95 Å². The average molecular weight is 260 g/mol. The molecule has 0 amide bonds. The molecule has 2 heterocycles. The van der Waals surface area contributed by atoms with Crippen molar-refractivity contribution in [1.82, 2.24) is 9.97 Å². The number of aromatic nitrogens is 2. The zero-order chi connectivity index (χ0) is 13.4. The predicted octanol–water partition coefficient (Wildman–Crippen LogP) is 2.81. The van der Waals surface area contributed by atoms with Crippen molar-refractivity contribution in [2.24, 2.45) is 11.8 Å². The van der Waals surface area contributed by atoms with Gasteiger partial charge in [-0.05, 0) is 37.0 Å². The van der Waals surface area contributed by atoms with Gasteiger partial charge < -0.3 is 10.6 Å². The largest absolute Gasteiger partial charge is 0.368 e. The number of hydrogen-bond donors (Lipinski definition) is 1. The summed E-state index contributed by atoms with van der Waals surface area (Å²) >= 11 is 0. The van der Waals surface area contributed by atoms with Crippen molar-refractivity contribution in [2.75, 3.05) is 23.7 Å². The molecule has 4 nitrogen and oxygen atoms in total. The highest BCUT2D eigenvalue weighted by atomic mass is 15.2. The molecule has 2 atom stereocenters. The first-order valence-electron chi connectivity index (χ1n) is 7.51. The number of piperidine rings is 1. The van der Waals surface area contributed by atoms with Crippen molar-refractivity contribution in [3.63, 3.8) is 0 Å². The van der Waals surface area contributed by atoms with Gasteiger partial charge in [0.25, 0.3) is 0 Å². The fourth-order valence-electron chi connectivity index (χ4n) is 3.55. The lowest BCUT2D eigenvalue weighted by Crippen LogP contribution is -2.43. The van der Waals surface area contributed by atoms with Crippen LogP contribution < -0.4 is 10.6 Å². The minimum Gasteiger partial charge on any atom is -0.368 e. The summed E-state index contributed by atoms with van der Waals surface area (Å²) in [7, 11) is 0. The zero-order valence-corrected chi connectivity index (χ0v) is 12.0. The minimum absolute atomic E-state index is 0.397. The first-order chi connectivity index (χ1) is 9.11. The molecular weight excluding hydrogens is 236 g/mol. The van der Waals surface area contributed by atoms with Gasteiger partial charge in [0, 0.05) is 19.2 Å². The Morgan fingerprint density at radius 1 is 1.21 bits per heavy atom. The fraction of sp³-hybridized carbons (Fsp3) is 0.733. The molecule has 1 saturated heterocycles. The zero-order valence-electron chi connectivity index (χ0n) is 12.0. The van der Waals surface area contributed by atoms with Crippen LogP contribution in [0.1, 0.15) is 51.1 Å². The Kier molecular flexibility index (Phi) is 3.33. The average Bonchev–Trinajstić information content (AvgIpc) is 2.37. The van der Waals surface area contributed by atoms with Crippen LogP contribution in [0.4, 0.5) is 11.8 Å². The molecule has 2 unspecified atom stereocenters. The lowest BCUT2D eigenvalue weighted by atomic mass is 9.78. The van der Waals surface area contributed by atoms with E-state index in [1.54, 1.807) is 0 Å². The van der Waals surface area contributed by atoms with Crippen molar-refractivity contribution >= 4 is 11.8 Å². The Bertz CT molecular complexity index is 445. The summed E-state index contributed by atoms with van der Waals surface area (Å²) < 4.78 is 0. The van der Waals surface area contributed by atoms with Crippen molar-refractivity contribution in [3.8, 4) is 0 Å². The highest BCUT2D eigenvalue weighted by molar-refractivity contribution is 5.44. The normalized spacial score (nSPS) is 26.8. The lowest BCUT2D eigenvalue weighted by molar-refractivity contribution is 0.230. The van der Waals surface area contributed by atoms with Crippen LogP contribution in [-0.4, -0.2) is 23.1 Å². The predicted molar refractivity (Wildman–Crippen MR) is 78.2 cm³/mol. The van der Waals surface area contributed by atoms with Gasteiger partial charge in [0.1, 0.15) is 5.82 Å². The summed E-state index contributed by atoms with van der Waals surface area (Å²) in [6.07, 6.45) is 5.58. The molecule has 0 radical (unpaired) electrons. The summed E-state index contributed by atoms with van der Waals surface area (Å²) in [4.78, 5) is 11.2. The van der Waals surface area contributed by atoms with E-state index in [1.165, 1.54) is 25.7 Å². The summed E-state index contributed by atoms with van der Waals surface area (Å²) in [6, 6.07) is 2.13. The van der Waals surface area contributed by atoms with E-state index in [1.807, 2.05) is 0 Å². The second-order valence-corrected chi connectivity index (χ2v) is 6.47. The molecule has 1 aromatic rings. The maximum atomic E-state index is 5.87. The van der Waals surface area contributed by atoms with Crippen LogP contribution in [0.5, 0.6) is 0 Å². The SMILES string of the molecule is CC(C)c1cc(N2CC3CCCC(C3)C2)nc(N)n1. The molecule has 19 heavy (non-hydrogen) atoms. The number of nitrogens with zero attached hydrogens (tertiary/aromatic N) is 3. The van der Waals surface area contributed by atoms with Gasteiger partial charge in [0.05, 0.1) is 5.69 Å². The lowest BCUT2D eigenvalue weighted by Gasteiger charge is -2.42. The number of anilines is 2. The molecule has 2 bridgehead atoms. The minimum atomic E-state index is 0.397. The van der Waals surface area contributed by atoms with Crippen molar-refractivity contribution in [3.05, 3.63) is 11.8 Å². The van der Waals surface area contributed by atoms with E-state index in [0.717, 1.165) is 36.4 Å². The maximum absolute atomic E-state index is 5.87. The molecule has 3 rings (SSSR count). The molecular formula is C15H24N4. The van der Waals surface area contributed by atoms with E-state index in [9.17, 15) is 0 Å². The smallest absolute Gasteiger partial charge is 0.222 e. The number of nitrogens with two attached hydrogens (primary N) is 1. The van der Waals surface area contributed by atoms with E-state index in [2.05, 4.69) is 34.8 Å². The molecule has 1 saturated carbocycles. The third-order valence-electron chi connectivity index (χ3n) is 4.51. The molecule has 104 valence electrons. The summed E-state index contributed by atoms with van der Waals surface area (Å²) in [6.45, 7) is 6.59. The Morgan fingerprint density at radius 2 is 1.89 bits per heavy atom. The molecule has 1 aliphatic carbocycles. The number of rotatable bonds is 2. The highest BCUT2D eigenvalue weighted by Crippen LogP contribution is 2.36. The summed E-state index contributed by atoms with van der Waals surface area (Å²) in [5, 5.41) is 0. The Balaban J connectivity index is 1.85. The van der Waals surface area contributed by atoms with E-state index in [0.29, 0.717) is 11.9 Å². The third kappa shape index (κ3) is 2.67. The summed E-state index contributed by atoms with van der Waals surface area (Å²) in [5.74, 6) is 3.55. The second-order valence-electron chi connectivity index (χ2n) is 6.47. The number of fused-ring (bicyclic) bond motifs is 2. The monoisotopic (exact) mass is 260 g/mol. The van der Waals surface area contributed by atoms with E-state index in [4.69, 9.17) is 5.73 Å². The van der Waals surface area contributed by atoms with Crippen molar-refractivity contribution in [1.29, 1.82) is 0 Å². The van der Waals surface area contributed by atoms with Gasteiger partial charge in [0.15, 0.2) is 0 Å². The Hall–Kier alpha value is -1.32. The molecule has 2 fully saturated rings. The third-order valence-corrected chi connectivity index (χ3v) is 4.51. The quantitative estimate of drug-likeness (QED) is 0.888. The van der Waals surface area contributed by atoms with Crippen LogP contribution >= 0.6 is 0 Å². The molecule has 1 aromatic heterocycles. The maximum Gasteiger partial charge on any atom is 0.222 e. The van der Waals surface area contributed by atoms with E-state index < -0.39 is 0 Å². The van der Waals surface area contributed by atoms with Gasteiger partial charge in [-0.3, -0.25) is 0 Å². The topological polar surface area (TPSA) is 55.0 Å². The van der Waals surface area contributed by atoms with Crippen molar-refractivity contribution < 1.29 is 0 Å². The standard InChI is InChI=1S/C15H24N4/c1-10(2)13-7-14(18-15(16)17-13)19-8-11-4-3-5-12(6-11)9-19/h7,10-12H,3-6,8-9H2,1-2H3,(H2,16,17,18). The molecule has 2 N–H and O–H groups in total. The Morgan fingerprint density at radius 3 is 2.53 bits per heavy atom. The van der Waals surface area contributed by atoms with Gasteiger partial charge in [-0.25, -0.2) is 4.98 Å². The van der Waals surface area contributed by atoms with Gasteiger partial charge in [-0.1, -0.05) is 20.3 Å². The first kappa shape index (κ1) is 12.7. The van der Waals surface area contributed by atoms with Crippen LogP contribution in [-0.2, 0) is 0 Å². The molecule has 2 aliphatic rings. The fourth-order valence-corrected chi connectivity index (χ4v) is 3.55. The number of nitrogen functional groups attached to an aromatic ring is 1. The van der Waals surface area contributed by atoms with Crippen LogP contribution in [0.3, 0.4) is 0 Å². The van der Waals surface area contributed by atoms with Gasteiger partial charge in [-0.15, -0.1) is 0 Å². The van der Waals surface area contributed by atoms with Crippen LogP contribution in [0, 0.1) is 11.8 Å². The van der Waals surface area contributed by atoms with E-state index >= 15 is 0 Å². The highest BCUT2D eigenvalue weighted by Gasteiger charge is 2.31. The molecule has 1 aliphatic heterocycles. The molecule has 0 spiro atoms. The van der Waals surface area contributed by atoms with Gasteiger partial charge >= 0.3 is 0 Å². The van der Waals surface area contributed by atoms with Crippen LogP contribution in [0.15, 0.2) is 6.07 Å². The van der Waals surface area contributed by atoms with E-state index in [-0.39, 0.29) is 0 Å². The van der Waals surface area contributed by atoms with Crippen molar-refractivity contribution in [2.45, 2.75) is 45.4 Å². The number of hydrogen-bond acceptors (Lipinski definition) is 4. The van der Waals surface area contributed by atoms with Crippen LogP contribution in [0.25, 0.3) is 0 Å². The second kappa shape index (κ2) is 4.99. The molecule has 4 heteroatoms. The van der Waals surface area contributed by atoms with Gasteiger partial charge in [-0.2, -0.15) is 4.98 Å². The first-order valence-corrected chi connectivity index (χ1v) is 7.51.